The van der Waals surface area contributed by atoms with Gasteiger partial charge in [0.2, 0.25) is 0 Å². The van der Waals surface area contributed by atoms with Gasteiger partial charge in [-0.15, -0.1) is 11.8 Å². The van der Waals surface area contributed by atoms with Gasteiger partial charge in [-0.1, -0.05) is 0 Å². The summed E-state index contributed by atoms with van der Waals surface area (Å²) in [5, 5.41) is 0. The lowest BCUT2D eigenvalue weighted by Crippen LogP contribution is -1.55. The van der Waals surface area contributed by atoms with E-state index in [-0.39, 0.29) is 0 Å². The Morgan fingerprint density at radius 2 is 0.765 bits per heavy atom. The zero-order valence-corrected chi connectivity index (χ0v) is 8.71. The van der Waals surface area contributed by atoms with Gasteiger partial charge >= 0.3 is 0 Å². The van der Waals surface area contributed by atoms with Crippen molar-refractivity contribution in [1.82, 2.24) is 0 Å². The fourth-order valence-electron chi connectivity index (χ4n) is 0.419. The minimum Gasteiger partial charge on any atom is -0.358 e. The summed E-state index contributed by atoms with van der Waals surface area (Å²) in [4.78, 5) is 0. The van der Waals surface area contributed by atoms with Crippen LogP contribution < -0.4 is 0 Å². The first-order valence-electron chi connectivity index (χ1n) is 4.10. The molecule has 0 heterocycles. The Morgan fingerprint density at radius 1 is 0.471 bits per heavy atom. The van der Waals surface area contributed by atoms with Crippen molar-refractivity contribution in [3.8, 4) is 88.8 Å². The molecule has 0 aliphatic carbocycles. The summed E-state index contributed by atoms with van der Waals surface area (Å²) in [6, 6.07) is 0. The van der Waals surface area contributed by atoms with Crippen LogP contribution in [0.1, 0.15) is 0 Å². The van der Waals surface area contributed by atoms with Gasteiger partial charge in [-0.05, 0) is 53.3 Å². The van der Waals surface area contributed by atoms with Crippen molar-refractivity contribution in [2.75, 3.05) is 0 Å². The summed E-state index contributed by atoms with van der Waals surface area (Å²) < 4.78 is 0. The van der Waals surface area contributed by atoms with Gasteiger partial charge in [-0.3, -0.25) is 11.8 Å². The van der Waals surface area contributed by atoms with E-state index < -0.39 is 0 Å². The van der Waals surface area contributed by atoms with Crippen LogP contribution in [0.15, 0.2) is 0 Å². The van der Waals surface area contributed by atoms with Crippen molar-refractivity contribution in [2.24, 2.45) is 0 Å². The Balaban J connectivity index is 4.27. The first-order chi connectivity index (χ1) is 8.41. The molecule has 0 bridgehead atoms. The van der Waals surface area contributed by atoms with Crippen molar-refractivity contribution < 1.29 is 0 Å². The number of rotatable bonds is 0. The van der Waals surface area contributed by atoms with Crippen LogP contribution in [-0.2, 0) is 0 Å². The third-order valence-electron chi connectivity index (χ3n) is 0.901. The molecule has 72 valence electrons. The molecule has 0 unspecified atom stereocenters. The van der Waals surface area contributed by atoms with E-state index in [0.29, 0.717) is 0 Å². The highest BCUT2D eigenvalue weighted by atomic mass is 13.6. The molecule has 0 heteroatoms. The van der Waals surface area contributed by atoms with Crippen molar-refractivity contribution in [3.05, 3.63) is 13.3 Å². The molecule has 0 rings (SSSR count). The van der Waals surface area contributed by atoms with Crippen LogP contribution in [0.25, 0.3) is 0 Å². The topological polar surface area (TPSA) is 0 Å². The van der Waals surface area contributed by atoms with Gasteiger partial charge in [0.25, 0.3) is 0 Å². The average molecular weight is 206 g/mol. The minimum absolute atomic E-state index is 1.87. The molecule has 0 aromatic heterocycles. The molecule has 0 N–H and O–H groups in total. The lowest BCUT2D eigenvalue weighted by Gasteiger charge is -1.64. The molecular formula is C17H2-2. The maximum atomic E-state index is 6.47. The zero-order valence-electron chi connectivity index (χ0n) is 8.71. The second-order valence-corrected chi connectivity index (χ2v) is 1.93. The minimum atomic E-state index is 1.87. The fourth-order valence-corrected chi connectivity index (χ4v) is 0.419. The number of hydrogen-bond donors (Lipinski definition) is 0. The van der Waals surface area contributed by atoms with Crippen LogP contribution in [0.5, 0.6) is 0 Å². The largest absolute Gasteiger partial charge is 0.358 e. The molecule has 0 radical (unpaired) electrons. The van der Waals surface area contributed by atoms with Gasteiger partial charge in [-0.2, -0.15) is 6.92 Å². The lowest BCUT2D eigenvalue weighted by molar-refractivity contribution is 2.31. The highest BCUT2D eigenvalue weighted by Crippen LogP contribution is 1.57. The first kappa shape index (κ1) is 13.3. The van der Waals surface area contributed by atoms with Gasteiger partial charge in [0.1, 0.15) is 0 Å². The summed E-state index contributed by atoms with van der Waals surface area (Å²) in [6.45, 7) is 3.29. The third-order valence-corrected chi connectivity index (χ3v) is 0.901. The Morgan fingerprint density at radius 3 is 1.06 bits per heavy atom. The van der Waals surface area contributed by atoms with E-state index in [4.69, 9.17) is 6.42 Å². The Labute approximate surface area is 103 Å². The summed E-state index contributed by atoms with van der Waals surface area (Å²) in [7, 11) is 0. The molecule has 0 saturated heterocycles. The molecule has 0 fully saturated rings. The second kappa shape index (κ2) is 12.3. The molecule has 17 heavy (non-hydrogen) atoms. The predicted molar refractivity (Wildman–Crippen MR) is 66.9 cm³/mol. The monoisotopic (exact) mass is 206 g/mol. The molecule has 0 atom stereocenters. The summed E-state index contributed by atoms with van der Waals surface area (Å²) in [6.07, 6.45) is 6.47. The van der Waals surface area contributed by atoms with E-state index in [1.807, 2.05) is 5.92 Å². The van der Waals surface area contributed by atoms with Gasteiger partial charge < -0.3 is 6.42 Å². The summed E-state index contributed by atoms with van der Waals surface area (Å²) in [5.74, 6) is 35.7. The van der Waals surface area contributed by atoms with Crippen molar-refractivity contribution in [1.29, 1.82) is 0 Å². The van der Waals surface area contributed by atoms with E-state index in [0.717, 1.165) is 0 Å². The third kappa shape index (κ3) is 12.3. The van der Waals surface area contributed by atoms with E-state index in [1.165, 1.54) is 0 Å². The average Bonchev–Trinajstić information content (AvgIpc) is 2.35. The first-order valence-corrected chi connectivity index (χ1v) is 4.10. The molecule has 0 aromatic rings. The van der Waals surface area contributed by atoms with E-state index in [2.05, 4.69) is 89.8 Å². The van der Waals surface area contributed by atoms with E-state index >= 15 is 0 Å². The molecule has 0 amide bonds. The summed E-state index contributed by atoms with van der Waals surface area (Å²) >= 11 is 0. The second-order valence-electron chi connectivity index (χ2n) is 1.93. The van der Waals surface area contributed by atoms with Crippen LogP contribution in [0.2, 0.25) is 0 Å². The molecule has 0 spiro atoms. The van der Waals surface area contributed by atoms with Crippen LogP contribution in [-0.4, -0.2) is 0 Å². The van der Waals surface area contributed by atoms with Gasteiger partial charge in [0.05, 0.1) is 0 Å². The SMILES string of the molecule is [C-]#CC#CC#CC#CC#CC#CC#CC#C[CH2-]. The highest BCUT2D eigenvalue weighted by Gasteiger charge is 1.54. The van der Waals surface area contributed by atoms with E-state index in [9.17, 15) is 0 Å². The quantitative estimate of drug-likeness (QED) is 0.398. The Kier molecular flexibility index (Phi) is 9.70. The molecule has 0 nitrogen and oxygen atoms in total. The molecule has 0 aliphatic heterocycles. The summed E-state index contributed by atoms with van der Waals surface area (Å²) in [5.41, 5.74) is 0. The van der Waals surface area contributed by atoms with Gasteiger partial charge in [0, 0.05) is 0 Å². The van der Waals surface area contributed by atoms with Gasteiger partial charge in [0.15, 0.2) is 0 Å². The number of hydrogen-bond acceptors (Lipinski definition) is 0. The molecular weight excluding hydrogens is 204 g/mol. The van der Waals surface area contributed by atoms with Crippen molar-refractivity contribution >= 4 is 0 Å². The van der Waals surface area contributed by atoms with Gasteiger partial charge in [-0.25, -0.2) is 11.8 Å². The van der Waals surface area contributed by atoms with Crippen molar-refractivity contribution in [2.45, 2.75) is 0 Å². The Bertz CT molecular complexity index is 734. The maximum Gasteiger partial charge on any atom is -0.0000000136 e. The van der Waals surface area contributed by atoms with Crippen molar-refractivity contribution in [3.63, 3.8) is 0 Å². The molecule has 0 aromatic carbocycles. The zero-order chi connectivity index (χ0) is 12.6. The molecule has 0 saturated carbocycles. The highest BCUT2D eigenvalue weighted by molar-refractivity contribution is 5.45. The van der Waals surface area contributed by atoms with Crippen LogP contribution >= 0.6 is 0 Å². The Hall–Kier alpha value is -3.65. The lowest BCUT2D eigenvalue weighted by atomic mass is 10.5. The maximum absolute atomic E-state index is 6.47. The van der Waals surface area contributed by atoms with Crippen LogP contribution in [0.3, 0.4) is 0 Å². The predicted octanol–water partition coefficient (Wildman–Crippen LogP) is 0.434. The normalized spacial score (nSPS) is 3.71. The van der Waals surface area contributed by atoms with Crippen LogP contribution in [0.4, 0.5) is 0 Å². The van der Waals surface area contributed by atoms with Crippen LogP contribution in [0, 0.1) is 102 Å². The smallest absolute Gasteiger partial charge is 0.0000000136 e. The standard InChI is InChI=1S/C17H2/c1-3-5-7-9-11-13-15-17-16-14-12-10-8-6-4-2/h1H2/q-2. The molecule has 0 aliphatic rings. The fraction of sp³-hybridized carbons (Fsp3) is 0. The van der Waals surface area contributed by atoms with E-state index in [1.54, 1.807) is 0 Å².